The summed E-state index contributed by atoms with van der Waals surface area (Å²) in [4.78, 5) is 71.9. The zero-order chi connectivity index (χ0) is 46.2. The minimum atomic E-state index is -0.721. The van der Waals surface area contributed by atoms with Crippen molar-refractivity contribution >= 4 is 35.1 Å². The number of aromatic amines is 2. The zero-order valence-corrected chi connectivity index (χ0v) is 38.1. The topological polar surface area (TPSA) is 193 Å². The number of ether oxygens (including phenoxy) is 4. The van der Waals surface area contributed by atoms with Crippen LogP contribution in [0.15, 0.2) is 79.1 Å². The van der Waals surface area contributed by atoms with Crippen LogP contribution in [0.1, 0.15) is 99.9 Å². The number of H-pyrrole nitrogens is 2. The maximum Gasteiger partial charge on any atom is 0.407 e. The summed E-state index contributed by atoms with van der Waals surface area (Å²) >= 11 is 0. The number of carbonyl (C=O) groups is 4. The van der Waals surface area contributed by atoms with E-state index in [1.165, 1.54) is 14.2 Å². The first-order valence-electron chi connectivity index (χ1n) is 22.7. The highest BCUT2D eigenvalue weighted by Gasteiger charge is 2.40. The number of rotatable bonds is 11. The van der Waals surface area contributed by atoms with Crippen molar-refractivity contribution < 1.29 is 38.1 Å². The maximum absolute atomic E-state index is 13.8. The normalized spacial score (nSPS) is 19.6. The third kappa shape index (κ3) is 8.35. The molecule has 66 heavy (non-hydrogen) atoms. The Morgan fingerprint density at radius 2 is 1.21 bits per heavy atom. The van der Waals surface area contributed by atoms with Crippen LogP contribution in [0.2, 0.25) is 0 Å². The van der Waals surface area contributed by atoms with Crippen molar-refractivity contribution in [1.29, 1.82) is 0 Å². The molecule has 5 unspecified atom stereocenters. The monoisotopic (exact) mass is 896 g/mol. The van der Waals surface area contributed by atoms with Gasteiger partial charge >= 0.3 is 12.2 Å². The molecule has 5 atom stereocenters. The molecule has 6 heterocycles. The lowest BCUT2D eigenvalue weighted by atomic mass is 9.83. The molecule has 2 saturated heterocycles. The minimum absolute atomic E-state index is 0.132. The number of benzene rings is 3. The predicted octanol–water partition coefficient (Wildman–Crippen LogP) is 7.99. The first kappa shape index (κ1) is 44.1. The molecule has 2 aromatic heterocycles. The molecule has 4 aliphatic rings. The summed E-state index contributed by atoms with van der Waals surface area (Å²) in [6.45, 7) is 9.06. The van der Waals surface area contributed by atoms with Crippen molar-refractivity contribution in [3.8, 4) is 34.0 Å². The van der Waals surface area contributed by atoms with Gasteiger partial charge in [-0.2, -0.15) is 0 Å². The van der Waals surface area contributed by atoms with E-state index in [2.05, 4.69) is 50.9 Å². The molecule has 0 bridgehead atoms. The average molecular weight is 897 g/mol. The van der Waals surface area contributed by atoms with Crippen molar-refractivity contribution in [3.63, 3.8) is 0 Å². The molecular formula is C50H56N8O8. The van der Waals surface area contributed by atoms with Gasteiger partial charge in [-0.15, -0.1) is 0 Å². The number of nitrogens with one attached hydrogen (secondary N) is 4. The third-order valence-electron chi connectivity index (χ3n) is 13.2. The van der Waals surface area contributed by atoms with Crippen LogP contribution < -0.4 is 20.1 Å². The van der Waals surface area contributed by atoms with Gasteiger partial charge in [-0.25, -0.2) is 19.6 Å². The molecule has 2 fully saturated rings. The van der Waals surface area contributed by atoms with Crippen LogP contribution >= 0.6 is 0 Å². The van der Waals surface area contributed by atoms with Gasteiger partial charge < -0.3 is 49.3 Å². The molecule has 16 nitrogen and oxygen atoms in total. The van der Waals surface area contributed by atoms with E-state index < -0.39 is 30.4 Å². The third-order valence-corrected chi connectivity index (χ3v) is 13.2. The van der Waals surface area contributed by atoms with E-state index in [4.69, 9.17) is 28.9 Å². The molecule has 344 valence electrons. The van der Waals surface area contributed by atoms with Crippen LogP contribution in [-0.4, -0.2) is 99.7 Å². The number of fused-ring (bicyclic) bond motifs is 4. The van der Waals surface area contributed by atoms with Crippen LogP contribution in [0, 0.1) is 11.8 Å². The molecule has 3 aromatic carbocycles. The summed E-state index contributed by atoms with van der Waals surface area (Å²) in [6, 6.07) is 20.5. The van der Waals surface area contributed by atoms with Crippen molar-refractivity contribution in [2.75, 3.05) is 33.9 Å². The largest absolute Gasteiger partial charge is 0.488 e. The Balaban J connectivity index is 0.982. The van der Waals surface area contributed by atoms with E-state index in [0.29, 0.717) is 31.3 Å². The Hall–Kier alpha value is -7.10. The van der Waals surface area contributed by atoms with Gasteiger partial charge in [-0.05, 0) is 55.2 Å². The number of carbonyl (C=O) groups excluding carboxylic acids is 4. The number of hydrogen-bond donors (Lipinski definition) is 4. The zero-order valence-electron chi connectivity index (χ0n) is 38.1. The summed E-state index contributed by atoms with van der Waals surface area (Å²) < 4.78 is 23.2. The molecule has 4 amide bonds. The Morgan fingerprint density at radius 1 is 0.697 bits per heavy atom. The summed E-state index contributed by atoms with van der Waals surface area (Å²) in [7, 11) is 2.58. The number of methoxy groups -OCH3 is 2. The number of amides is 4. The van der Waals surface area contributed by atoms with Gasteiger partial charge in [0.15, 0.2) is 0 Å². The van der Waals surface area contributed by atoms with E-state index >= 15 is 0 Å². The first-order valence-corrected chi connectivity index (χ1v) is 22.7. The van der Waals surface area contributed by atoms with E-state index in [-0.39, 0.29) is 35.7 Å². The lowest BCUT2D eigenvalue weighted by molar-refractivity contribution is -0.136. The second kappa shape index (κ2) is 18.4. The van der Waals surface area contributed by atoms with E-state index in [1.807, 2.05) is 64.1 Å². The van der Waals surface area contributed by atoms with Gasteiger partial charge in [0, 0.05) is 46.5 Å². The number of nitrogens with zero attached hydrogens (tertiary/aromatic N) is 4. The standard InChI is InChI=1S/C50H56N8O8/c1-27(2)42(55-49(61)63-5)47(59)57-20-10-14-37(57)45-51-24-35(53-45)30-17-19-33-39(22-30)65-26-34-32-18-16-31(23-40(32)66-44(41(33)34)29-12-8-7-9-13-29)36-25-52-46(54-36)38-15-11-21-58(38)48(60)43(28(3)4)56-50(62)64-6/h7-9,12-13,16-19,22-25,27-28,37-38,42-44H,10-11,14-15,20-21,26H2,1-6H3,(H,51,53)(H,52,54)(H,55,61)(H,56,62). The second-order valence-electron chi connectivity index (χ2n) is 18.0. The van der Waals surface area contributed by atoms with Gasteiger partial charge in [0.25, 0.3) is 0 Å². The molecule has 0 radical (unpaired) electrons. The quantitative estimate of drug-likeness (QED) is 0.101. The summed E-state index contributed by atoms with van der Waals surface area (Å²) in [5.41, 5.74) is 8.32. The number of likely N-dealkylation sites (tertiary alicyclic amines) is 2. The van der Waals surface area contributed by atoms with E-state index in [9.17, 15) is 19.2 Å². The molecule has 0 spiro atoms. The molecule has 4 N–H and O–H groups in total. The molecule has 0 aliphatic carbocycles. The average Bonchev–Trinajstić information content (AvgIpc) is 4.19. The fraction of sp³-hybridized carbons (Fsp3) is 0.400. The van der Waals surface area contributed by atoms with Crippen LogP contribution in [0.3, 0.4) is 0 Å². The number of hydrogen-bond acceptors (Lipinski definition) is 10. The van der Waals surface area contributed by atoms with Gasteiger partial charge in [-0.3, -0.25) is 9.59 Å². The maximum atomic E-state index is 13.8. The van der Waals surface area contributed by atoms with Gasteiger partial charge in [-0.1, -0.05) is 82.3 Å². The van der Waals surface area contributed by atoms with Crippen LogP contribution in [0.25, 0.3) is 33.7 Å². The highest BCUT2D eigenvalue weighted by atomic mass is 16.5. The smallest absolute Gasteiger partial charge is 0.407 e. The second-order valence-corrected chi connectivity index (χ2v) is 18.0. The fourth-order valence-corrected chi connectivity index (χ4v) is 9.72. The minimum Gasteiger partial charge on any atom is -0.488 e. The number of aromatic nitrogens is 4. The lowest BCUT2D eigenvalue weighted by Crippen LogP contribution is -2.51. The van der Waals surface area contributed by atoms with Crippen molar-refractivity contribution in [2.45, 2.75) is 83.6 Å². The van der Waals surface area contributed by atoms with Crippen molar-refractivity contribution in [1.82, 2.24) is 40.4 Å². The number of imidazole rings is 2. The number of alkyl carbamates (subject to hydrolysis) is 2. The van der Waals surface area contributed by atoms with Crippen molar-refractivity contribution in [3.05, 3.63) is 107 Å². The fourth-order valence-electron chi connectivity index (χ4n) is 9.72. The predicted molar refractivity (Wildman–Crippen MR) is 246 cm³/mol. The van der Waals surface area contributed by atoms with Crippen LogP contribution in [0.4, 0.5) is 9.59 Å². The Bertz CT molecular complexity index is 2670. The Labute approximate surface area is 383 Å². The molecule has 0 saturated carbocycles. The van der Waals surface area contributed by atoms with Crippen molar-refractivity contribution in [2.24, 2.45) is 11.8 Å². The van der Waals surface area contributed by atoms with E-state index in [1.54, 1.807) is 22.2 Å². The van der Waals surface area contributed by atoms with E-state index in [0.717, 1.165) is 87.5 Å². The highest BCUT2D eigenvalue weighted by Crippen LogP contribution is 2.52. The molecule has 4 aliphatic heterocycles. The summed E-state index contributed by atoms with van der Waals surface area (Å²) in [5.74, 6) is 2.23. The highest BCUT2D eigenvalue weighted by molar-refractivity contribution is 6.00. The Kier molecular flexibility index (Phi) is 12.3. The van der Waals surface area contributed by atoms with Crippen LogP contribution in [0.5, 0.6) is 11.5 Å². The lowest BCUT2D eigenvalue weighted by Gasteiger charge is -2.35. The van der Waals surface area contributed by atoms with Gasteiger partial charge in [0.05, 0.1) is 50.1 Å². The SMILES string of the molecule is COC(=O)NC(C(=O)N1CCCC1c1ncc(-c2ccc3c(c2)OC(c2ccccc2)C2=C3COc3cc(-c4cnc(C5CCCN5C(=O)C(NC(=O)OC)C(C)C)[nH]4)ccc32)[nH]1)C(C)C. The van der Waals surface area contributed by atoms with Gasteiger partial charge in [0.2, 0.25) is 11.8 Å². The molecule has 5 aromatic rings. The molecule has 9 rings (SSSR count). The molecular weight excluding hydrogens is 841 g/mol. The summed E-state index contributed by atoms with van der Waals surface area (Å²) in [6.07, 6.45) is 5.02. The molecule has 16 heteroatoms. The summed E-state index contributed by atoms with van der Waals surface area (Å²) in [5, 5.41) is 5.43. The first-order chi connectivity index (χ1) is 31.9. The Morgan fingerprint density at radius 3 is 1.73 bits per heavy atom. The van der Waals surface area contributed by atoms with Gasteiger partial charge in [0.1, 0.15) is 47.9 Å². The van der Waals surface area contributed by atoms with Crippen LogP contribution in [-0.2, 0) is 19.1 Å².